The second-order valence-electron chi connectivity index (χ2n) is 4.60. The maximum Gasteiger partial charge on any atom is 0.326 e. The molecule has 1 atom stereocenters. The molecule has 5 heteroatoms. The lowest BCUT2D eigenvalue weighted by Crippen LogP contribution is -2.40. The van der Waals surface area contributed by atoms with Crippen LogP contribution in [0.3, 0.4) is 0 Å². The SMILES string of the molecule is CCC[C@H](NC(=O)CCc1cccc(OC)c1)C(=O)O. The van der Waals surface area contributed by atoms with Crippen LogP contribution in [0, 0.1) is 0 Å². The molecule has 0 radical (unpaired) electrons. The zero-order valence-electron chi connectivity index (χ0n) is 11.9. The molecule has 0 aliphatic carbocycles. The van der Waals surface area contributed by atoms with Gasteiger partial charge in [-0.1, -0.05) is 25.5 Å². The molecule has 0 spiro atoms. The van der Waals surface area contributed by atoms with Crippen LogP contribution in [0.25, 0.3) is 0 Å². The van der Waals surface area contributed by atoms with Crippen LogP contribution in [-0.4, -0.2) is 30.1 Å². The van der Waals surface area contributed by atoms with Crippen LogP contribution in [-0.2, 0) is 16.0 Å². The standard InChI is InChI=1S/C15H21NO4/c1-3-5-13(15(18)19)16-14(17)9-8-11-6-4-7-12(10-11)20-2/h4,6-7,10,13H,3,5,8-9H2,1-2H3,(H,16,17)(H,18,19)/t13-/m0/s1. The highest BCUT2D eigenvalue weighted by molar-refractivity contribution is 5.83. The summed E-state index contributed by atoms with van der Waals surface area (Å²) in [4.78, 5) is 22.7. The first-order chi connectivity index (χ1) is 9.56. The normalized spacial score (nSPS) is 11.7. The number of carboxylic acids is 1. The fourth-order valence-electron chi connectivity index (χ4n) is 1.90. The van der Waals surface area contributed by atoms with Crippen molar-refractivity contribution in [3.8, 4) is 5.75 Å². The van der Waals surface area contributed by atoms with Crippen molar-refractivity contribution in [1.82, 2.24) is 5.32 Å². The maximum absolute atomic E-state index is 11.8. The maximum atomic E-state index is 11.8. The van der Waals surface area contributed by atoms with Crippen molar-refractivity contribution in [2.45, 2.75) is 38.6 Å². The predicted molar refractivity (Wildman–Crippen MR) is 75.8 cm³/mol. The van der Waals surface area contributed by atoms with Crippen LogP contribution in [0.1, 0.15) is 31.7 Å². The van der Waals surface area contributed by atoms with Crippen LogP contribution in [0.15, 0.2) is 24.3 Å². The Morgan fingerprint density at radius 3 is 2.75 bits per heavy atom. The van der Waals surface area contributed by atoms with Gasteiger partial charge < -0.3 is 15.2 Å². The summed E-state index contributed by atoms with van der Waals surface area (Å²) in [6, 6.07) is 6.69. The lowest BCUT2D eigenvalue weighted by molar-refractivity contribution is -0.142. The summed E-state index contributed by atoms with van der Waals surface area (Å²) in [6.07, 6.45) is 1.98. The Hall–Kier alpha value is -2.04. The summed E-state index contributed by atoms with van der Waals surface area (Å²) < 4.78 is 5.11. The van der Waals surface area contributed by atoms with Gasteiger partial charge in [-0.3, -0.25) is 4.79 Å². The number of rotatable bonds is 8. The molecule has 0 aliphatic rings. The molecule has 2 N–H and O–H groups in total. The van der Waals surface area contributed by atoms with Gasteiger partial charge in [0.15, 0.2) is 0 Å². The molecule has 0 heterocycles. The fourth-order valence-corrected chi connectivity index (χ4v) is 1.90. The Morgan fingerprint density at radius 2 is 2.15 bits per heavy atom. The van der Waals surface area contributed by atoms with Crippen LogP contribution in [0.5, 0.6) is 5.75 Å². The molecule has 1 aromatic carbocycles. The number of aryl methyl sites for hydroxylation is 1. The van der Waals surface area contributed by atoms with E-state index in [1.54, 1.807) is 7.11 Å². The van der Waals surface area contributed by atoms with E-state index in [1.165, 1.54) is 0 Å². The molecule has 0 bridgehead atoms. The quantitative estimate of drug-likeness (QED) is 0.763. The molecule has 20 heavy (non-hydrogen) atoms. The number of aliphatic carboxylic acids is 1. The molecule has 0 aromatic heterocycles. The average Bonchev–Trinajstić information content (AvgIpc) is 2.44. The van der Waals surface area contributed by atoms with Crippen molar-refractivity contribution in [1.29, 1.82) is 0 Å². The number of benzene rings is 1. The summed E-state index contributed by atoms with van der Waals surface area (Å²) in [5.41, 5.74) is 0.988. The van der Waals surface area contributed by atoms with E-state index in [0.29, 0.717) is 19.3 Å². The summed E-state index contributed by atoms with van der Waals surface area (Å²) in [5.74, 6) is -0.479. The van der Waals surface area contributed by atoms with Crippen molar-refractivity contribution in [3.05, 3.63) is 29.8 Å². The van der Waals surface area contributed by atoms with Gasteiger partial charge >= 0.3 is 5.97 Å². The van der Waals surface area contributed by atoms with E-state index in [-0.39, 0.29) is 12.3 Å². The molecule has 0 aliphatic heterocycles. The van der Waals surface area contributed by atoms with Crippen LogP contribution in [0.2, 0.25) is 0 Å². The van der Waals surface area contributed by atoms with E-state index in [9.17, 15) is 9.59 Å². The number of methoxy groups -OCH3 is 1. The molecule has 0 fully saturated rings. The number of hydrogen-bond acceptors (Lipinski definition) is 3. The van der Waals surface area contributed by atoms with Crippen molar-refractivity contribution >= 4 is 11.9 Å². The highest BCUT2D eigenvalue weighted by Crippen LogP contribution is 2.13. The van der Waals surface area contributed by atoms with Gasteiger partial charge in [0.25, 0.3) is 0 Å². The zero-order valence-corrected chi connectivity index (χ0v) is 11.9. The molecule has 1 rings (SSSR count). The number of ether oxygens (including phenoxy) is 1. The summed E-state index contributed by atoms with van der Waals surface area (Å²) in [6.45, 7) is 1.89. The number of carbonyl (C=O) groups excluding carboxylic acids is 1. The Bertz CT molecular complexity index is 459. The third kappa shape index (κ3) is 5.30. The van der Waals surface area contributed by atoms with Gasteiger partial charge in [0.2, 0.25) is 5.91 Å². The lowest BCUT2D eigenvalue weighted by atomic mass is 10.1. The largest absolute Gasteiger partial charge is 0.497 e. The van der Waals surface area contributed by atoms with E-state index in [2.05, 4.69) is 5.32 Å². The molecule has 110 valence electrons. The molecule has 1 aromatic rings. The molecule has 0 saturated carbocycles. The third-order valence-electron chi connectivity index (χ3n) is 2.99. The second-order valence-corrected chi connectivity index (χ2v) is 4.60. The van der Waals surface area contributed by atoms with E-state index in [0.717, 1.165) is 11.3 Å². The first-order valence-corrected chi connectivity index (χ1v) is 6.72. The van der Waals surface area contributed by atoms with Crippen LogP contribution >= 0.6 is 0 Å². The smallest absolute Gasteiger partial charge is 0.326 e. The highest BCUT2D eigenvalue weighted by atomic mass is 16.5. The Morgan fingerprint density at radius 1 is 1.40 bits per heavy atom. The first-order valence-electron chi connectivity index (χ1n) is 6.72. The summed E-state index contributed by atoms with van der Waals surface area (Å²) >= 11 is 0. The van der Waals surface area contributed by atoms with E-state index in [4.69, 9.17) is 9.84 Å². The Balaban J connectivity index is 2.47. The van der Waals surface area contributed by atoms with E-state index >= 15 is 0 Å². The minimum Gasteiger partial charge on any atom is -0.497 e. The number of carbonyl (C=O) groups is 2. The summed E-state index contributed by atoms with van der Waals surface area (Å²) in [7, 11) is 1.59. The van der Waals surface area contributed by atoms with Gasteiger partial charge in [-0.15, -0.1) is 0 Å². The third-order valence-corrected chi connectivity index (χ3v) is 2.99. The Kier molecular flexibility index (Phi) is 6.56. The minimum atomic E-state index is -0.985. The van der Waals surface area contributed by atoms with E-state index < -0.39 is 12.0 Å². The van der Waals surface area contributed by atoms with E-state index in [1.807, 2.05) is 31.2 Å². The van der Waals surface area contributed by atoms with Crippen molar-refractivity contribution in [3.63, 3.8) is 0 Å². The predicted octanol–water partition coefficient (Wildman–Crippen LogP) is 2.00. The van der Waals surface area contributed by atoms with Gasteiger partial charge in [-0.2, -0.15) is 0 Å². The van der Waals surface area contributed by atoms with Gasteiger partial charge in [-0.25, -0.2) is 4.79 Å². The van der Waals surface area contributed by atoms with Crippen molar-refractivity contribution in [2.75, 3.05) is 7.11 Å². The average molecular weight is 279 g/mol. The minimum absolute atomic E-state index is 0.242. The monoisotopic (exact) mass is 279 g/mol. The molecule has 0 saturated heterocycles. The van der Waals surface area contributed by atoms with Crippen LogP contribution < -0.4 is 10.1 Å². The Labute approximate surface area is 118 Å². The highest BCUT2D eigenvalue weighted by Gasteiger charge is 2.18. The van der Waals surface area contributed by atoms with Crippen molar-refractivity contribution in [2.24, 2.45) is 0 Å². The lowest BCUT2D eigenvalue weighted by Gasteiger charge is -2.13. The number of amides is 1. The summed E-state index contributed by atoms with van der Waals surface area (Å²) in [5, 5.41) is 11.5. The topological polar surface area (TPSA) is 75.6 Å². The zero-order chi connectivity index (χ0) is 15.0. The van der Waals surface area contributed by atoms with Gasteiger partial charge in [0.1, 0.15) is 11.8 Å². The van der Waals surface area contributed by atoms with Crippen molar-refractivity contribution < 1.29 is 19.4 Å². The first kappa shape index (κ1) is 16.0. The molecular formula is C15H21NO4. The molecule has 5 nitrogen and oxygen atoms in total. The number of nitrogens with one attached hydrogen (secondary N) is 1. The molecule has 1 amide bonds. The van der Waals surface area contributed by atoms with Gasteiger partial charge in [0.05, 0.1) is 7.11 Å². The van der Waals surface area contributed by atoms with Gasteiger partial charge in [0, 0.05) is 6.42 Å². The number of carboxylic acid groups (broad SMARTS) is 1. The molecular weight excluding hydrogens is 258 g/mol. The second kappa shape index (κ2) is 8.19. The van der Waals surface area contributed by atoms with Gasteiger partial charge in [-0.05, 0) is 30.5 Å². The number of hydrogen-bond donors (Lipinski definition) is 2. The van der Waals surface area contributed by atoms with Crippen LogP contribution in [0.4, 0.5) is 0 Å². The molecule has 0 unspecified atom stereocenters. The fraction of sp³-hybridized carbons (Fsp3) is 0.467.